The standard InChI is InChI=1S/C47H30FNO/c48-34-21-25-36(26-22-34)49(35-23-18-32(19-24-35)31-10-2-1-3-11-31)37-27-28-40-39-14-6-7-15-41(39)47(44(40)30-37)42-16-8-9-17-45(42)50-46-38-13-5-4-12-33(38)20-29-43(46)47/h1-30H. The summed E-state index contributed by atoms with van der Waals surface area (Å²) in [5.41, 5.74) is 11.6. The van der Waals surface area contributed by atoms with Crippen LogP contribution in [0.3, 0.4) is 0 Å². The molecule has 0 radical (unpaired) electrons. The van der Waals surface area contributed by atoms with E-state index in [0.29, 0.717) is 0 Å². The van der Waals surface area contributed by atoms with Gasteiger partial charge < -0.3 is 9.64 Å². The van der Waals surface area contributed by atoms with Gasteiger partial charge in [0.05, 0.1) is 5.41 Å². The third kappa shape index (κ3) is 4.13. The minimum Gasteiger partial charge on any atom is -0.456 e. The lowest BCUT2D eigenvalue weighted by atomic mass is 9.65. The molecule has 1 heterocycles. The van der Waals surface area contributed by atoms with Gasteiger partial charge in [-0.05, 0) is 93.4 Å². The van der Waals surface area contributed by atoms with E-state index >= 15 is 0 Å². The van der Waals surface area contributed by atoms with Gasteiger partial charge in [0.1, 0.15) is 17.3 Å². The summed E-state index contributed by atoms with van der Waals surface area (Å²) in [6, 6.07) is 62.7. The highest BCUT2D eigenvalue weighted by molar-refractivity contribution is 5.96. The lowest BCUT2D eigenvalue weighted by molar-refractivity contribution is 0.441. The molecular weight excluding hydrogens is 614 g/mol. The number of benzene rings is 8. The topological polar surface area (TPSA) is 12.5 Å². The van der Waals surface area contributed by atoms with Crippen molar-refractivity contribution in [2.24, 2.45) is 0 Å². The summed E-state index contributed by atoms with van der Waals surface area (Å²) >= 11 is 0. The van der Waals surface area contributed by atoms with Crippen LogP contribution in [-0.2, 0) is 5.41 Å². The van der Waals surface area contributed by atoms with Crippen molar-refractivity contribution in [2.45, 2.75) is 5.41 Å². The average molecular weight is 644 g/mol. The molecule has 0 amide bonds. The van der Waals surface area contributed by atoms with Crippen molar-refractivity contribution in [3.63, 3.8) is 0 Å². The predicted molar refractivity (Wildman–Crippen MR) is 201 cm³/mol. The molecular formula is C47H30FNO. The zero-order chi connectivity index (χ0) is 33.2. The number of nitrogens with zero attached hydrogens (tertiary/aromatic N) is 1. The third-order valence-electron chi connectivity index (χ3n) is 10.4. The number of fused-ring (bicyclic) bond motifs is 11. The second-order valence-electron chi connectivity index (χ2n) is 13.0. The van der Waals surface area contributed by atoms with E-state index in [-0.39, 0.29) is 5.82 Å². The van der Waals surface area contributed by atoms with E-state index in [1.54, 1.807) is 0 Å². The van der Waals surface area contributed by atoms with Crippen LogP contribution in [0.1, 0.15) is 22.3 Å². The summed E-state index contributed by atoms with van der Waals surface area (Å²) in [5.74, 6) is 1.48. The number of hydrogen-bond donors (Lipinski definition) is 0. The Balaban J connectivity index is 1.24. The van der Waals surface area contributed by atoms with E-state index in [0.717, 1.165) is 61.6 Å². The van der Waals surface area contributed by atoms with Crippen LogP contribution in [-0.4, -0.2) is 0 Å². The van der Waals surface area contributed by atoms with Gasteiger partial charge >= 0.3 is 0 Å². The summed E-state index contributed by atoms with van der Waals surface area (Å²) in [6.45, 7) is 0. The van der Waals surface area contributed by atoms with Crippen LogP contribution >= 0.6 is 0 Å². The van der Waals surface area contributed by atoms with Crippen LogP contribution in [0.5, 0.6) is 11.5 Å². The molecule has 0 saturated heterocycles. The molecule has 0 bridgehead atoms. The first-order valence-electron chi connectivity index (χ1n) is 17.0. The van der Waals surface area contributed by atoms with Crippen molar-refractivity contribution in [3.8, 4) is 33.8 Å². The third-order valence-corrected chi connectivity index (χ3v) is 10.4. The highest BCUT2D eigenvalue weighted by Gasteiger charge is 2.51. The van der Waals surface area contributed by atoms with E-state index < -0.39 is 5.41 Å². The monoisotopic (exact) mass is 643 g/mol. The summed E-state index contributed by atoms with van der Waals surface area (Å²) in [7, 11) is 0. The highest BCUT2D eigenvalue weighted by atomic mass is 19.1. The molecule has 50 heavy (non-hydrogen) atoms. The Morgan fingerprint density at radius 2 is 1.06 bits per heavy atom. The molecule has 1 aliphatic carbocycles. The SMILES string of the molecule is Fc1ccc(N(c2ccc(-c3ccccc3)cc2)c2ccc3c(c2)C2(c4ccccc4Oc4c2ccc2ccccc42)c2ccccc2-3)cc1. The van der Waals surface area contributed by atoms with Crippen molar-refractivity contribution in [3.05, 3.63) is 210 Å². The van der Waals surface area contributed by atoms with Gasteiger partial charge in [0.25, 0.3) is 0 Å². The lowest BCUT2D eigenvalue weighted by Crippen LogP contribution is -2.32. The summed E-state index contributed by atoms with van der Waals surface area (Å²) in [4.78, 5) is 2.22. The lowest BCUT2D eigenvalue weighted by Gasteiger charge is -2.40. The van der Waals surface area contributed by atoms with E-state index in [1.807, 2.05) is 18.2 Å². The molecule has 0 fully saturated rings. The molecule has 0 saturated carbocycles. The van der Waals surface area contributed by atoms with Crippen LogP contribution in [0.4, 0.5) is 21.5 Å². The maximum atomic E-state index is 14.3. The van der Waals surface area contributed by atoms with Gasteiger partial charge in [0.2, 0.25) is 0 Å². The fraction of sp³-hybridized carbons (Fsp3) is 0.0213. The molecule has 3 heteroatoms. The van der Waals surface area contributed by atoms with Gasteiger partial charge in [-0.1, -0.05) is 127 Å². The Bertz CT molecular complexity index is 2580. The van der Waals surface area contributed by atoms with Crippen molar-refractivity contribution >= 4 is 27.8 Å². The molecule has 1 atom stereocenters. The van der Waals surface area contributed by atoms with Crippen molar-refractivity contribution in [1.29, 1.82) is 0 Å². The van der Waals surface area contributed by atoms with E-state index in [1.165, 1.54) is 34.4 Å². The van der Waals surface area contributed by atoms with Gasteiger partial charge in [0.15, 0.2) is 0 Å². The Morgan fingerprint density at radius 3 is 1.88 bits per heavy atom. The Morgan fingerprint density at radius 1 is 0.440 bits per heavy atom. The largest absolute Gasteiger partial charge is 0.456 e. The normalized spacial score (nSPS) is 15.1. The molecule has 1 unspecified atom stereocenters. The minimum atomic E-state index is -0.623. The quantitative estimate of drug-likeness (QED) is 0.189. The highest BCUT2D eigenvalue weighted by Crippen LogP contribution is 2.63. The Labute approximate surface area is 290 Å². The second kappa shape index (κ2) is 11.0. The molecule has 2 aliphatic rings. The van der Waals surface area contributed by atoms with Gasteiger partial charge in [-0.25, -0.2) is 4.39 Å². The maximum absolute atomic E-state index is 14.3. The summed E-state index contributed by atoms with van der Waals surface area (Å²) < 4.78 is 21.2. The van der Waals surface area contributed by atoms with Gasteiger partial charge in [-0.2, -0.15) is 0 Å². The zero-order valence-electron chi connectivity index (χ0n) is 27.1. The van der Waals surface area contributed by atoms with Crippen LogP contribution in [0.25, 0.3) is 33.0 Å². The fourth-order valence-electron chi connectivity index (χ4n) is 8.23. The molecule has 1 spiro atoms. The van der Waals surface area contributed by atoms with Crippen LogP contribution in [0.15, 0.2) is 182 Å². The molecule has 1 aliphatic heterocycles. The fourth-order valence-corrected chi connectivity index (χ4v) is 8.23. The van der Waals surface area contributed by atoms with Gasteiger partial charge in [0, 0.05) is 33.6 Å². The summed E-state index contributed by atoms with van der Waals surface area (Å²) in [5, 5.41) is 2.23. The van der Waals surface area contributed by atoms with Crippen LogP contribution in [0.2, 0.25) is 0 Å². The first-order chi connectivity index (χ1) is 24.7. The van der Waals surface area contributed by atoms with Crippen LogP contribution in [0, 0.1) is 5.82 Å². The number of para-hydroxylation sites is 1. The van der Waals surface area contributed by atoms with Crippen molar-refractivity contribution in [1.82, 2.24) is 0 Å². The second-order valence-corrected chi connectivity index (χ2v) is 13.0. The Kier molecular flexibility index (Phi) is 6.31. The molecule has 8 aromatic rings. The first-order valence-corrected chi connectivity index (χ1v) is 17.0. The van der Waals surface area contributed by atoms with Gasteiger partial charge in [-0.3, -0.25) is 0 Å². The number of anilines is 3. The number of rotatable bonds is 4. The molecule has 10 rings (SSSR count). The van der Waals surface area contributed by atoms with E-state index in [2.05, 4.69) is 157 Å². The van der Waals surface area contributed by atoms with Gasteiger partial charge in [-0.15, -0.1) is 0 Å². The molecule has 0 aromatic heterocycles. The number of halogens is 1. The average Bonchev–Trinajstić information content (AvgIpc) is 3.46. The van der Waals surface area contributed by atoms with Crippen molar-refractivity contribution in [2.75, 3.05) is 4.90 Å². The van der Waals surface area contributed by atoms with E-state index in [4.69, 9.17) is 4.74 Å². The summed E-state index contributed by atoms with van der Waals surface area (Å²) in [6.07, 6.45) is 0. The molecule has 8 aromatic carbocycles. The first kappa shape index (κ1) is 28.6. The van der Waals surface area contributed by atoms with Crippen LogP contribution < -0.4 is 9.64 Å². The van der Waals surface area contributed by atoms with E-state index in [9.17, 15) is 4.39 Å². The molecule has 236 valence electrons. The molecule has 2 nitrogen and oxygen atoms in total. The predicted octanol–water partition coefficient (Wildman–Crippen LogP) is 12.6. The smallest absolute Gasteiger partial charge is 0.140 e. The molecule has 0 N–H and O–H groups in total. The Hall–Kier alpha value is -6.45. The minimum absolute atomic E-state index is 0.265. The maximum Gasteiger partial charge on any atom is 0.140 e. The van der Waals surface area contributed by atoms with Crippen molar-refractivity contribution < 1.29 is 9.13 Å². The number of hydrogen-bond acceptors (Lipinski definition) is 2. The zero-order valence-corrected chi connectivity index (χ0v) is 27.1. The number of ether oxygens (including phenoxy) is 1.